The molecule has 0 radical (unpaired) electrons. The van der Waals surface area contributed by atoms with Crippen LogP contribution in [0.1, 0.15) is 18.0 Å². The number of aromatic nitrogens is 3. The Labute approximate surface area is 190 Å². The van der Waals surface area contributed by atoms with Gasteiger partial charge in [-0.3, -0.25) is 9.29 Å². The van der Waals surface area contributed by atoms with E-state index in [9.17, 15) is 13.0 Å². The first-order valence-corrected chi connectivity index (χ1v) is 12.0. The number of alkyl halides is 2. The Balaban J connectivity index is 1.57. The van der Waals surface area contributed by atoms with Gasteiger partial charge in [0.1, 0.15) is 5.75 Å². The smallest absolute Gasteiger partial charge is 0.314 e. The average Bonchev–Trinajstić information content (AvgIpc) is 3.34. The summed E-state index contributed by atoms with van der Waals surface area (Å²) in [6.45, 7) is 1.73. The van der Waals surface area contributed by atoms with Crippen LogP contribution in [0.15, 0.2) is 47.0 Å². The van der Waals surface area contributed by atoms with Gasteiger partial charge >= 0.3 is 6.43 Å². The third-order valence-electron chi connectivity index (χ3n) is 4.73. The molecule has 0 saturated carbocycles. The van der Waals surface area contributed by atoms with Crippen LogP contribution in [-0.4, -0.2) is 55.4 Å². The van der Waals surface area contributed by atoms with Crippen LogP contribution in [-0.2, 0) is 17.7 Å². The Morgan fingerprint density at radius 1 is 1.25 bits per heavy atom. The molecule has 1 fully saturated rings. The van der Waals surface area contributed by atoms with Crippen LogP contribution >= 0.6 is 11.8 Å². The minimum atomic E-state index is -2.83. The lowest BCUT2D eigenvalue weighted by atomic mass is 10.2. The topological polar surface area (TPSA) is 84.6 Å². The molecule has 1 aliphatic rings. The fourth-order valence-corrected chi connectivity index (χ4v) is 5.52. The van der Waals surface area contributed by atoms with E-state index in [0.29, 0.717) is 17.0 Å². The molecule has 3 aromatic rings. The zero-order chi connectivity index (χ0) is 22.5. The second-order valence-electron chi connectivity index (χ2n) is 6.79. The van der Waals surface area contributed by atoms with E-state index in [2.05, 4.69) is 15.2 Å². The second kappa shape index (κ2) is 10.4. The SMILES string of the molecule is COc1cccc(N(Cc2ccc(-c3nnc(C(F)F)o3)cn2)S(=O)N2CCSCC2)c1. The lowest BCUT2D eigenvalue weighted by Crippen LogP contribution is -2.42. The molecule has 1 unspecified atom stereocenters. The Bertz CT molecular complexity index is 1060. The van der Waals surface area contributed by atoms with E-state index >= 15 is 0 Å². The van der Waals surface area contributed by atoms with Gasteiger partial charge < -0.3 is 9.15 Å². The number of hydrogen-bond donors (Lipinski definition) is 0. The summed E-state index contributed by atoms with van der Waals surface area (Å²) in [5.74, 6) is 1.75. The predicted octanol–water partition coefficient (Wildman–Crippen LogP) is 3.71. The number of methoxy groups -OCH3 is 1. The number of pyridine rings is 1. The van der Waals surface area contributed by atoms with Crippen molar-refractivity contribution in [2.45, 2.75) is 13.0 Å². The van der Waals surface area contributed by atoms with Gasteiger partial charge in [0.05, 0.1) is 30.6 Å². The minimum Gasteiger partial charge on any atom is -0.497 e. The standard InChI is InChI=1S/C20H21F2N5O3S2/c1-29-17-4-2-3-16(11-17)27(32(28)26-7-9-31-10-8-26)13-15-6-5-14(12-23-15)19-24-25-20(30-19)18(21)22/h2-6,11-12,18H,7-10,13H2,1H3. The number of anilines is 1. The van der Waals surface area contributed by atoms with E-state index in [-0.39, 0.29) is 12.4 Å². The molecule has 1 aliphatic heterocycles. The van der Waals surface area contributed by atoms with E-state index < -0.39 is 23.5 Å². The van der Waals surface area contributed by atoms with Gasteiger partial charge in [-0.1, -0.05) is 6.07 Å². The van der Waals surface area contributed by atoms with Crippen molar-refractivity contribution in [3.63, 3.8) is 0 Å². The van der Waals surface area contributed by atoms with Gasteiger partial charge in [-0.2, -0.15) is 20.5 Å². The number of nitrogens with zero attached hydrogens (tertiary/aromatic N) is 5. The third-order valence-corrected chi connectivity index (χ3v) is 7.19. The average molecular weight is 482 g/mol. The molecule has 1 saturated heterocycles. The highest BCUT2D eigenvalue weighted by Gasteiger charge is 2.25. The van der Waals surface area contributed by atoms with Crippen LogP contribution in [0, 0.1) is 0 Å². The van der Waals surface area contributed by atoms with E-state index in [0.717, 1.165) is 30.3 Å². The van der Waals surface area contributed by atoms with Crippen molar-refractivity contribution in [3.8, 4) is 17.2 Å². The summed E-state index contributed by atoms with van der Waals surface area (Å²) in [5, 5.41) is 6.97. The molecule has 4 rings (SSSR count). The van der Waals surface area contributed by atoms with Crippen LogP contribution in [0.4, 0.5) is 14.5 Å². The van der Waals surface area contributed by atoms with Crippen molar-refractivity contribution in [2.75, 3.05) is 36.0 Å². The molecule has 12 heteroatoms. The number of thioether (sulfide) groups is 1. The van der Waals surface area contributed by atoms with Gasteiger partial charge in [0.15, 0.2) is 11.2 Å². The first-order chi connectivity index (χ1) is 15.5. The number of benzene rings is 1. The second-order valence-corrected chi connectivity index (χ2v) is 9.44. The van der Waals surface area contributed by atoms with Crippen molar-refractivity contribution < 1.29 is 22.1 Å². The number of halogens is 2. The largest absolute Gasteiger partial charge is 0.497 e. The zero-order valence-corrected chi connectivity index (χ0v) is 18.8. The number of ether oxygens (including phenoxy) is 1. The molecule has 1 atom stereocenters. The Morgan fingerprint density at radius 2 is 2.06 bits per heavy atom. The van der Waals surface area contributed by atoms with Gasteiger partial charge in [0.2, 0.25) is 5.89 Å². The predicted molar refractivity (Wildman–Crippen MR) is 119 cm³/mol. The van der Waals surface area contributed by atoms with E-state index in [1.807, 2.05) is 40.3 Å². The minimum absolute atomic E-state index is 0.0293. The molecule has 3 heterocycles. The van der Waals surface area contributed by atoms with E-state index in [4.69, 9.17) is 9.15 Å². The summed E-state index contributed by atoms with van der Waals surface area (Å²) in [6.07, 6.45) is -1.36. The molecular formula is C20H21F2N5O3S2. The Kier molecular flexibility index (Phi) is 7.33. The number of rotatable bonds is 8. The highest BCUT2D eigenvalue weighted by Crippen LogP contribution is 2.27. The normalized spacial score (nSPS) is 15.6. The summed E-state index contributed by atoms with van der Waals surface area (Å²) in [6, 6.07) is 10.8. The fraction of sp³-hybridized carbons (Fsp3) is 0.350. The van der Waals surface area contributed by atoms with Crippen molar-refractivity contribution >= 4 is 28.6 Å². The summed E-state index contributed by atoms with van der Waals surface area (Å²) in [5.41, 5.74) is 1.81. The van der Waals surface area contributed by atoms with Gasteiger partial charge in [-0.25, -0.2) is 8.51 Å². The molecule has 8 nitrogen and oxygen atoms in total. The van der Waals surface area contributed by atoms with Crippen LogP contribution < -0.4 is 9.04 Å². The van der Waals surface area contributed by atoms with E-state index in [1.165, 1.54) is 6.20 Å². The highest BCUT2D eigenvalue weighted by atomic mass is 32.2. The fourth-order valence-electron chi connectivity index (χ4n) is 3.08. The van der Waals surface area contributed by atoms with Gasteiger partial charge in [0, 0.05) is 36.9 Å². The summed E-state index contributed by atoms with van der Waals surface area (Å²) in [7, 11) is 1.58. The molecule has 32 heavy (non-hydrogen) atoms. The van der Waals surface area contributed by atoms with Gasteiger partial charge in [-0.15, -0.1) is 10.2 Å². The van der Waals surface area contributed by atoms with Crippen molar-refractivity contribution in [1.82, 2.24) is 19.5 Å². The maximum atomic E-state index is 13.4. The molecule has 0 spiro atoms. The molecule has 0 aliphatic carbocycles. The zero-order valence-electron chi connectivity index (χ0n) is 17.2. The lowest BCUT2D eigenvalue weighted by Gasteiger charge is -2.32. The monoisotopic (exact) mass is 481 g/mol. The van der Waals surface area contributed by atoms with Crippen LogP contribution in [0.5, 0.6) is 5.75 Å². The maximum absolute atomic E-state index is 13.4. The molecule has 1 aromatic carbocycles. The first-order valence-electron chi connectivity index (χ1n) is 9.78. The first kappa shape index (κ1) is 22.6. The molecule has 2 aromatic heterocycles. The molecule has 170 valence electrons. The maximum Gasteiger partial charge on any atom is 0.314 e. The van der Waals surface area contributed by atoms with Gasteiger partial charge in [0.25, 0.3) is 5.89 Å². The van der Waals surface area contributed by atoms with Crippen LogP contribution in [0.2, 0.25) is 0 Å². The Morgan fingerprint density at radius 3 is 2.72 bits per heavy atom. The molecular weight excluding hydrogens is 460 g/mol. The van der Waals surface area contributed by atoms with Crippen LogP contribution in [0.3, 0.4) is 0 Å². The quantitative estimate of drug-likeness (QED) is 0.485. The Hall–Kier alpha value is -2.57. The molecule has 0 N–H and O–H groups in total. The van der Waals surface area contributed by atoms with Gasteiger partial charge in [-0.05, 0) is 24.3 Å². The summed E-state index contributed by atoms with van der Waals surface area (Å²) < 4.78 is 52.8. The number of hydrogen-bond acceptors (Lipinski definition) is 7. The van der Waals surface area contributed by atoms with Crippen molar-refractivity contribution in [2.24, 2.45) is 0 Å². The summed E-state index contributed by atoms with van der Waals surface area (Å²) in [4.78, 5) is 4.40. The molecule has 0 amide bonds. The lowest BCUT2D eigenvalue weighted by molar-refractivity contribution is 0.116. The van der Waals surface area contributed by atoms with E-state index in [1.54, 1.807) is 23.5 Å². The highest BCUT2D eigenvalue weighted by molar-refractivity contribution is 7.99. The van der Waals surface area contributed by atoms with Crippen molar-refractivity contribution in [3.05, 3.63) is 54.2 Å². The molecule has 0 bridgehead atoms. The summed E-state index contributed by atoms with van der Waals surface area (Å²) >= 11 is 0.427. The third kappa shape index (κ3) is 5.25. The van der Waals surface area contributed by atoms with Crippen LogP contribution in [0.25, 0.3) is 11.5 Å². The van der Waals surface area contributed by atoms with Crippen molar-refractivity contribution in [1.29, 1.82) is 0 Å².